The number of hydrogen-bond acceptors (Lipinski definition) is 6. The van der Waals surface area contributed by atoms with Gasteiger partial charge in [0, 0.05) is 12.4 Å². The van der Waals surface area contributed by atoms with Crippen LogP contribution in [-0.4, -0.2) is 58.9 Å². The minimum atomic E-state index is -3.88. The molecule has 2 N–H and O–H groups in total. The lowest BCUT2D eigenvalue weighted by atomic mass is 10.1. The summed E-state index contributed by atoms with van der Waals surface area (Å²) in [6.07, 6.45) is 9.45. The molecule has 8 nitrogen and oxygen atoms in total. The number of benzene rings is 1. The van der Waals surface area contributed by atoms with Crippen LogP contribution in [0.5, 0.6) is 0 Å². The third kappa shape index (κ3) is 3.50. The maximum absolute atomic E-state index is 13.0. The molecular formula is C18H19N5O3S2. The van der Waals surface area contributed by atoms with E-state index < -0.39 is 15.9 Å². The summed E-state index contributed by atoms with van der Waals surface area (Å²) in [6.45, 7) is 1.50. The molecule has 2 unspecified atom stereocenters. The number of amidine groups is 1. The number of sulfonamides is 1. The number of nitrogens with zero attached hydrogens (tertiary/aromatic N) is 3. The zero-order chi connectivity index (χ0) is 19.9. The monoisotopic (exact) mass is 417 g/mol. The first-order valence-electron chi connectivity index (χ1n) is 8.64. The van der Waals surface area contributed by atoms with E-state index in [0.717, 1.165) is 9.87 Å². The average molecular weight is 418 g/mol. The Hall–Kier alpha value is -2.43. The van der Waals surface area contributed by atoms with Crippen molar-refractivity contribution in [3.63, 3.8) is 0 Å². The molecule has 0 saturated carbocycles. The average Bonchev–Trinajstić information content (AvgIpc) is 3.26. The van der Waals surface area contributed by atoms with Gasteiger partial charge in [-0.3, -0.25) is 14.9 Å². The van der Waals surface area contributed by atoms with E-state index >= 15 is 0 Å². The van der Waals surface area contributed by atoms with Gasteiger partial charge in [-0.05, 0) is 24.6 Å². The second-order valence-corrected chi connectivity index (χ2v) is 9.86. The molecule has 10 heteroatoms. The molecule has 0 bridgehead atoms. The van der Waals surface area contributed by atoms with Crippen molar-refractivity contribution in [2.45, 2.75) is 23.1 Å². The second kappa shape index (κ2) is 7.19. The van der Waals surface area contributed by atoms with Gasteiger partial charge in [-0.25, -0.2) is 8.42 Å². The number of aryl methyl sites for hydroxylation is 1. The SMILES string of the molecule is Cc1cc(S(=O)(=O)N(C)CC(=O)NC2=NC3C=CC=CC3S2)c2[nH]ncc2c1. The molecule has 146 valence electrons. The summed E-state index contributed by atoms with van der Waals surface area (Å²) in [5.74, 6) is -0.433. The fraction of sp³-hybridized carbons (Fsp3) is 0.278. The molecule has 28 heavy (non-hydrogen) atoms. The van der Waals surface area contributed by atoms with E-state index in [-0.39, 0.29) is 22.7 Å². The normalized spacial score (nSPS) is 21.2. The van der Waals surface area contributed by atoms with Crippen molar-refractivity contribution in [3.05, 3.63) is 48.2 Å². The lowest BCUT2D eigenvalue weighted by molar-refractivity contribution is -0.119. The van der Waals surface area contributed by atoms with E-state index in [2.05, 4.69) is 20.5 Å². The molecule has 1 aromatic carbocycles. The van der Waals surface area contributed by atoms with Crippen molar-refractivity contribution in [3.8, 4) is 0 Å². The highest BCUT2D eigenvalue weighted by Gasteiger charge is 2.30. The van der Waals surface area contributed by atoms with Crippen LogP contribution in [0.4, 0.5) is 0 Å². The molecule has 0 fully saturated rings. The first-order valence-corrected chi connectivity index (χ1v) is 11.0. The van der Waals surface area contributed by atoms with Crippen molar-refractivity contribution in [2.24, 2.45) is 4.99 Å². The molecule has 4 rings (SSSR count). The standard InChI is InChI=1S/C18H19N5O3S2/c1-11-7-12-9-19-22-17(12)15(8-11)28(25,26)23(2)10-16(24)21-18-20-13-5-3-4-6-14(13)27-18/h3-9,13-14H,10H2,1-2H3,(H,19,22)(H,20,21,24). The number of aromatic amines is 1. The van der Waals surface area contributed by atoms with Crippen LogP contribution in [0.3, 0.4) is 0 Å². The molecule has 1 aromatic heterocycles. The maximum Gasteiger partial charge on any atom is 0.245 e. The highest BCUT2D eigenvalue weighted by molar-refractivity contribution is 8.14. The van der Waals surface area contributed by atoms with Gasteiger partial charge in [0.15, 0.2) is 5.17 Å². The Kier molecular flexibility index (Phi) is 4.86. The number of carbonyl (C=O) groups excluding carboxylic acids is 1. The van der Waals surface area contributed by atoms with Gasteiger partial charge in [0.1, 0.15) is 4.90 Å². The zero-order valence-electron chi connectivity index (χ0n) is 15.3. The highest BCUT2D eigenvalue weighted by atomic mass is 32.2. The quantitative estimate of drug-likeness (QED) is 0.785. The van der Waals surface area contributed by atoms with Crippen LogP contribution in [0.25, 0.3) is 10.9 Å². The van der Waals surface area contributed by atoms with Gasteiger partial charge in [0.2, 0.25) is 15.9 Å². The number of fused-ring (bicyclic) bond motifs is 2. The van der Waals surface area contributed by atoms with Crippen molar-refractivity contribution < 1.29 is 13.2 Å². The number of hydrogen-bond donors (Lipinski definition) is 2. The first-order chi connectivity index (χ1) is 13.3. The molecule has 2 heterocycles. The molecular weight excluding hydrogens is 398 g/mol. The topological polar surface area (TPSA) is 108 Å². The molecule has 2 aliphatic rings. The highest BCUT2D eigenvalue weighted by Crippen LogP contribution is 2.30. The summed E-state index contributed by atoms with van der Waals surface area (Å²) in [6, 6.07) is 3.43. The van der Waals surface area contributed by atoms with Gasteiger partial charge in [-0.1, -0.05) is 36.1 Å². The van der Waals surface area contributed by atoms with E-state index in [4.69, 9.17) is 0 Å². The van der Waals surface area contributed by atoms with Crippen LogP contribution in [0.15, 0.2) is 52.5 Å². The minimum Gasteiger partial charge on any atom is -0.304 e. The Labute approximate surface area is 166 Å². The molecule has 0 spiro atoms. The predicted molar refractivity (Wildman–Crippen MR) is 110 cm³/mol. The lowest BCUT2D eigenvalue weighted by Gasteiger charge is -2.17. The molecule has 1 aliphatic heterocycles. The Morgan fingerprint density at radius 1 is 1.32 bits per heavy atom. The Bertz CT molecular complexity index is 1130. The van der Waals surface area contributed by atoms with E-state index in [9.17, 15) is 13.2 Å². The predicted octanol–water partition coefficient (Wildman–Crippen LogP) is 1.57. The fourth-order valence-corrected chi connectivity index (χ4v) is 5.60. The van der Waals surface area contributed by atoms with Gasteiger partial charge in [-0.15, -0.1) is 0 Å². The number of rotatable bonds is 4. The van der Waals surface area contributed by atoms with Crippen LogP contribution in [0, 0.1) is 6.92 Å². The van der Waals surface area contributed by atoms with E-state index in [1.165, 1.54) is 18.8 Å². The van der Waals surface area contributed by atoms with Crippen molar-refractivity contribution in [1.82, 2.24) is 19.8 Å². The second-order valence-electron chi connectivity index (χ2n) is 6.68. The van der Waals surface area contributed by atoms with E-state index in [0.29, 0.717) is 16.1 Å². The van der Waals surface area contributed by atoms with Crippen LogP contribution < -0.4 is 5.32 Å². The van der Waals surface area contributed by atoms with Gasteiger partial charge in [0.05, 0.1) is 29.6 Å². The Morgan fingerprint density at radius 2 is 2.11 bits per heavy atom. The summed E-state index contributed by atoms with van der Waals surface area (Å²) in [5, 5.41) is 10.7. The number of carbonyl (C=O) groups is 1. The van der Waals surface area contributed by atoms with Crippen molar-refractivity contribution >= 4 is 43.8 Å². The van der Waals surface area contributed by atoms with Gasteiger partial charge < -0.3 is 5.32 Å². The number of thioether (sulfide) groups is 1. The number of nitrogens with one attached hydrogen (secondary N) is 2. The number of aromatic nitrogens is 2. The van der Waals surface area contributed by atoms with Crippen LogP contribution in [0.1, 0.15) is 5.56 Å². The summed E-state index contributed by atoms with van der Waals surface area (Å²) >= 11 is 1.46. The number of allylic oxidation sites excluding steroid dienone is 2. The molecule has 1 aliphatic carbocycles. The summed E-state index contributed by atoms with van der Waals surface area (Å²) in [7, 11) is -2.49. The molecule has 2 atom stereocenters. The maximum atomic E-state index is 13.0. The van der Waals surface area contributed by atoms with Crippen molar-refractivity contribution in [1.29, 1.82) is 0 Å². The fourth-order valence-electron chi connectivity index (χ4n) is 3.14. The van der Waals surface area contributed by atoms with Gasteiger partial charge >= 0.3 is 0 Å². The van der Waals surface area contributed by atoms with Crippen LogP contribution in [-0.2, 0) is 14.8 Å². The smallest absolute Gasteiger partial charge is 0.245 e. The summed E-state index contributed by atoms with van der Waals surface area (Å²) in [4.78, 5) is 17.0. The van der Waals surface area contributed by atoms with Crippen LogP contribution in [0.2, 0.25) is 0 Å². The lowest BCUT2D eigenvalue weighted by Crippen LogP contribution is -2.39. The number of H-pyrrole nitrogens is 1. The molecule has 0 saturated heterocycles. The zero-order valence-corrected chi connectivity index (χ0v) is 16.9. The summed E-state index contributed by atoms with van der Waals surface area (Å²) in [5.41, 5.74) is 1.22. The molecule has 1 amide bonds. The first kappa shape index (κ1) is 18.9. The Morgan fingerprint density at radius 3 is 2.89 bits per heavy atom. The Balaban J connectivity index is 1.49. The van der Waals surface area contributed by atoms with Gasteiger partial charge in [0.25, 0.3) is 0 Å². The number of amides is 1. The molecule has 2 aromatic rings. The third-order valence-corrected chi connectivity index (χ3v) is 7.50. The largest absolute Gasteiger partial charge is 0.304 e. The van der Waals surface area contributed by atoms with Gasteiger partial charge in [-0.2, -0.15) is 9.40 Å². The summed E-state index contributed by atoms with van der Waals surface area (Å²) < 4.78 is 27.1. The third-order valence-electron chi connectivity index (χ3n) is 4.53. The molecule has 0 radical (unpaired) electrons. The van der Waals surface area contributed by atoms with E-state index in [1.54, 1.807) is 12.3 Å². The van der Waals surface area contributed by atoms with Crippen molar-refractivity contribution in [2.75, 3.05) is 13.6 Å². The number of aliphatic imine (C=N–C) groups is 1. The van der Waals surface area contributed by atoms with Crippen LogP contribution >= 0.6 is 11.8 Å². The number of likely N-dealkylation sites (N-methyl/N-ethyl adjacent to an activating group) is 1. The van der Waals surface area contributed by atoms with E-state index in [1.807, 2.05) is 37.3 Å². The minimum absolute atomic E-state index is 0.00715.